The van der Waals surface area contributed by atoms with Crippen LogP contribution in [-0.2, 0) is 18.9 Å². The zero-order chi connectivity index (χ0) is 15.8. The van der Waals surface area contributed by atoms with Gasteiger partial charge in [0.2, 0.25) is 0 Å². The van der Waals surface area contributed by atoms with Gasteiger partial charge in [-0.25, -0.2) is 0 Å². The zero-order valence-electron chi connectivity index (χ0n) is 13.8. The maximum Gasteiger partial charge on any atom is 0.0813 e. The third-order valence-electron chi connectivity index (χ3n) is 5.75. The highest BCUT2D eigenvalue weighted by Gasteiger charge is 2.42. The Balaban J connectivity index is 1.43. The second-order valence-corrected chi connectivity index (χ2v) is 7.77. The van der Waals surface area contributed by atoms with E-state index < -0.39 is 0 Å². The van der Waals surface area contributed by atoms with Gasteiger partial charge in [0.1, 0.15) is 0 Å². The van der Waals surface area contributed by atoms with Gasteiger partial charge in [0.25, 0.3) is 0 Å². The lowest BCUT2D eigenvalue weighted by atomic mass is 9.72. The van der Waals surface area contributed by atoms with Gasteiger partial charge in [-0.15, -0.1) is 0 Å². The van der Waals surface area contributed by atoms with Crippen LogP contribution < -0.4 is 11.5 Å². The molecule has 4 aliphatic rings. The van der Waals surface area contributed by atoms with E-state index in [4.69, 9.17) is 30.4 Å². The minimum absolute atomic E-state index is 0.289. The van der Waals surface area contributed by atoms with Gasteiger partial charge in [-0.2, -0.15) is 0 Å². The molecule has 0 radical (unpaired) electrons. The highest BCUT2D eigenvalue weighted by Crippen LogP contribution is 2.41. The molecule has 132 valence electrons. The fourth-order valence-corrected chi connectivity index (χ4v) is 4.03. The van der Waals surface area contributed by atoms with Crippen molar-refractivity contribution < 1.29 is 18.9 Å². The predicted molar refractivity (Wildman–Crippen MR) is 84.7 cm³/mol. The molecule has 4 saturated heterocycles. The Morgan fingerprint density at radius 3 is 1.65 bits per heavy atom. The molecule has 4 fully saturated rings. The van der Waals surface area contributed by atoms with Crippen molar-refractivity contribution in [2.45, 2.75) is 62.7 Å². The maximum atomic E-state index is 6.19. The summed E-state index contributed by atoms with van der Waals surface area (Å²) in [4.78, 5) is 0. The molecule has 0 bridgehead atoms. The molecule has 4 aliphatic heterocycles. The number of epoxide rings is 4. The summed E-state index contributed by atoms with van der Waals surface area (Å²) in [5.41, 5.74) is 12.4. The first-order chi connectivity index (χ1) is 11.2. The van der Waals surface area contributed by atoms with E-state index in [-0.39, 0.29) is 6.17 Å². The minimum Gasteiger partial charge on any atom is -0.373 e. The largest absolute Gasteiger partial charge is 0.373 e. The van der Waals surface area contributed by atoms with E-state index in [1.54, 1.807) is 0 Å². The first-order valence-corrected chi connectivity index (χ1v) is 9.16. The van der Waals surface area contributed by atoms with Gasteiger partial charge in [0.05, 0.1) is 57.0 Å². The molecule has 4 rings (SSSR count). The Labute approximate surface area is 138 Å². The van der Waals surface area contributed by atoms with Crippen molar-refractivity contribution in [1.82, 2.24) is 0 Å². The van der Waals surface area contributed by atoms with Crippen LogP contribution >= 0.6 is 0 Å². The molecule has 6 heteroatoms. The highest BCUT2D eigenvalue weighted by molar-refractivity contribution is 4.91. The quantitative estimate of drug-likeness (QED) is 0.403. The number of rotatable bonds is 12. The third-order valence-corrected chi connectivity index (χ3v) is 5.75. The molecule has 4 heterocycles. The minimum atomic E-state index is -0.289. The van der Waals surface area contributed by atoms with Crippen molar-refractivity contribution in [1.29, 1.82) is 0 Å². The first kappa shape index (κ1) is 16.2. The molecule has 0 amide bonds. The monoisotopic (exact) mass is 326 g/mol. The Bertz CT molecular complexity index is 392. The van der Waals surface area contributed by atoms with Crippen LogP contribution in [0, 0.1) is 17.8 Å². The summed E-state index contributed by atoms with van der Waals surface area (Å²) in [5.74, 6) is 1.39. The predicted octanol–water partition coefficient (Wildman–Crippen LogP) is 0.624. The number of nitrogens with two attached hydrogens (primary N) is 2. The van der Waals surface area contributed by atoms with Gasteiger partial charge >= 0.3 is 0 Å². The summed E-state index contributed by atoms with van der Waals surface area (Å²) in [7, 11) is 0. The standard InChI is InChI=1S/C17H30N2O4/c18-17(19)16(5-14-9-23-14)15(4-13-8-22-13)10(3-12-7-21-12)1-2-11-6-20-11/h10-17H,1-9,18-19H2. The van der Waals surface area contributed by atoms with Gasteiger partial charge in [0.15, 0.2) is 0 Å². The van der Waals surface area contributed by atoms with Crippen LogP contribution in [0.5, 0.6) is 0 Å². The van der Waals surface area contributed by atoms with E-state index in [2.05, 4.69) is 0 Å². The van der Waals surface area contributed by atoms with E-state index >= 15 is 0 Å². The van der Waals surface area contributed by atoms with Crippen molar-refractivity contribution in [2.75, 3.05) is 26.4 Å². The molecule has 0 aliphatic carbocycles. The number of hydrogen-bond donors (Lipinski definition) is 2. The molecule has 0 aromatic carbocycles. The van der Waals surface area contributed by atoms with Crippen LogP contribution in [0.4, 0.5) is 0 Å². The Kier molecular flexibility index (Phi) is 4.90. The number of ether oxygens (including phenoxy) is 4. The summed E-state index contributed by atoms with van der Waals surface area (Å²) in [6.45, 7) is 3.59. The molecular formula is C17H30N2O4. The van der Waals surface area contributed by atoms with Crippen molar-refractivity contribution in [3.05, 3.63) is 0 Å². The second-order valence-electron chi connectivity index (χ2n) is 7.77. The lowest BCUT2D eigenvalue weighted by molar-refractivity contribution is 0.127. The van der Waals surface area contributed by atoms with Crippen LogP contribution in [-0.4, -0.2) is 57.0 Å². The van der Waals surface area contributed by atoms with Gasteiger partial charge in [0, 0.05) is 0 Å². The average molecular weight is 326 g/mol. The van der Waals surface area contributed by atoms with E-state index in [0.29, 0.717) is 42.2 Å². The second kappa shape index (κ2) is 6.94. The topological polar surface area (TPSA) is 102 Å². The normalized spacial score (nSPS) is 38.2. The molecule has 0 aromatic rings. The molecule has 0 saturated carbocycles. The van der Waals surface area contributed by atoms with E-state index in [1.165, 1.54) is 6.42 Å². The van der Waals surface area contributed by atoms with Gasteiger partial charge in [-0.1, -0.05) is 0 Å². The van der Waals surface area contributed by atoms with Crippen LogP contribution in [0.15, 0.2) is 0 Å². The summed E-state index contributed by atoms with van der Waals surface area (Å²) in [5, 5.41) is 0. The molecule has 6 nitrogen and oxygen atoms in total. The lowest BCUT2D eigenvalue weighted by Crippen LogP contribution is -2.45. The fraction of sp³-hybridized carbons (Fsp3) is 1.00. The Hall–Kier alpha value is -0.240. The van der Waals surface area contributed by atoms with E-state index in [9.17, 15) is 0 Å². The molecule has 23 heavy (non-hydrogen) atoms. The van der Waals surface area contributed by atoms with Gasteiger partial charge < -0.3 is 30.4 Å². The Morgan fingerprint density at radius 1 is 0.696 bits per heavy atom. The van der Waals surface area contributed by atoms with Crippen molar-refractivity contribution in [2.24, 2.45) is 29.2 Å². The van der Waals surface area contributed by atoms with Crippen molar-refractivity contribution >= 4 is 0 Å². The molecule has 7 unspecified atom stereocenters. The summed E-state index contributed by atoms with van der Waals surface area (Å²) >= 11 is 0. The summed E-state index contributed by atoms with van der Waals surface area (Å²) in [6.07, 6.45) is 6.90. The first-order valence-electron chi connectivity index (χ1n) is 9.16. The molecule has 0 aromatic heterocycles. The SMILES string of the molecule is NC(N)C(CC1CO1)C(CC1CO1)C(CCC1CO1)CC1CO1. The average Bonchev–Trinajstić information content (AvgIpc) is 3.33. The smallest absolute Gasteiger partial charge is 0.0813 e. The van der Waals surface area contributed by atoms with Crippen LogP contribution in [0.25, 0.3) is 0 Å². The van der Waals surface area contributed by atoms with Crippen molar-refractivity contribution in [3.63, 3.8) is 0 Å². The van der Waals surface area contributed by atoms with E-state index in [0.717, 1.165) is 52.1 Å². The number of hydrogen-bond acceptors (Lipinski definition) is 6. The Morgan fingerprint density at radius 2 is 1.17 bits per heavy atom. The molecule has 0 spiro atoms. The van der Waals surface area contributed by atoms with Crippen LogP contribution in [0.3, 0.4) is 0 Å². The third kappa shape index (κ3) is 5.11. The fourth-order valence-electron chi connectivity index (χ4n) is 4.03. The van der Waals surface area contributed by atoms with E-state index in [1.807, 2.05) is 0 Å². The zero-order valence-corrected chi connectivity index (χ0v) is 13.8. The highest BCUT2D eigenvalue weighted by atomic mass is 16.6. The van der Waals surface area contributed by atoms with Crippen LogP contribution in [0.1, 0.15) is 32.1 Å². The summed E-state index contributed by atoms with van der Waals surface area (Å²) in [6, 6.07) is 0. The summed E-state index contributed by atoms with van der Waals surface area (Å²) < 4.78 is 21.9. The lowest BCUT2D eigenvalue weighted by Gasteiger charge is -2.35. The molecule has 7 atom stereocenters. The maximum absolute atomic E-state index is 6.19. The van der Waals surface area contributed by atoms with Crippen molar-refractivity contribution in [3.8, 4) is 0 Å². The van der Waals surface area contributed by atoms with Crippen LogP contribution in [0.2, 0.25) is 0 Å². The van der Waals surface area contributed by atoms with Gasteiger partial charge in [-0.3, -0.25) is 0 Å². The molecular weight excluding hydrogens is 296 g/mol. The molecule has 4 N–H and O–H groups in total. The van der Waals surface area contributed by atoms with Gasteiger partial charge in [-0.05, 0) is 49.9 Å².